The zero-order valence-corrected chi connectivity index (χ0v) is 21.2. The van der Waals surface area contributed by atoms with E-state index in [1.807, 2.05) is 38.7 Å². The molecule has 1 aliphatic heterocycles. The minimum absolute atomic E-state index is 0.00308. The fourth-order valence-electron chi connectivity index (χ4n) is 4.30. The summed E-state index contributed by atoms with van der Waals surface area (Å²) in [5.41, 5.74) is 1.76. The molecule has 1 saturated heterocycles. The summed E-state index contributed by atoms with van der Waals surface area (Å²) in [7, 11) is 0. The average Bonchev–Trinajstić information content (AvgIpc) is 3.34. The average molecular weight is 543 g/mol. The third-order valence-electron chi connectivity index (χ3n) is 5.84. The third kappa shape index (κ3) is 4.18. The number of hydrogen-bond donors (Lipinski definition) is 0. The molecule has 3 heterocycles. The maximum absolute atomic E-state index is 13.3. The quantitative estimate of drug-likeness (QED) is 0.486. The van der Waals surface area contributed by atoms with Crippen LogP contribution in [0.1, 0.15) is 39.1 Å². The van der Waals surface area contributed by atoms with E-state index in [9.17, 15) is 18.4 Å². The lowest BCUT2D eigenvalue weighted by molar-refractivity contribution is -0.136. The number of aryl methyl sites for hydroxylation is 1. The van der Waals surface area contributed by atoms with Crippen LogP contribution in [-0.4, -0.2) is 55.8 Å². The van der Waals surface area contributed by atoms with E-state index in [1.54, 1.807) is 10.6 Å². The molecule has 0 unspecified atom stereocenters. The van der Waals surface area contributed by atoms with Crippen molar-refractivity contribution in [2.24, 2.45) is 5.92 Å². The second-order valence-electron chi connectivity index (χ2n) is 8.36. The largest absolute Gasteiger partial charge is 0.366 e. The van der Waals surface area contributed by atoms with E-state index in [0.717, 1.165) is 10.2 Å². The number of carbonyl (C=O) groups is 1. The summed E-state index contributed by atoms with van der Waals surface area (Å²) in [6.45, 7) is 9.89. The Hall–Kier alpha value is -2.34. The topological polar surface area (TPSA) is 76.3 Å². The molecule has 1 aromatic carbocycles. The molecule has 33 heavy (non-hydrogen) atoms. The van der Waals surface area contributed by atoms with E-state index in [2.05, 4.69) is 31.0 Å². The van der Waals surface area contributed by atoms with Crippen molar-refractivity contribution in [1.29, 1.82) is 0 Å². The molecule has 0 N–H and O–H groups in total. The fourth-order valence-corrected chi connectivity index (χ4v) is 5.44. The first-order valence-electron chi connectivity index (χ1n) is 10.8. The number of imidazole rings is 1. The Morgan fingerprint density at radius 2 is 2.00 bits per heavy atom. The summed E-state index contributed by atoms with van der Waals surface area (Å²) in [6.07, 6.45) is -2.75. The second-order valence-corrected chi connectivity index (χ2v) is 10.3. The Balaban J connectivity index is 1.82. The van der Waals surface area contributed by atoms with Gasteiger partial charge in [-0.25, -0.2) is 18.1 Å². The Labute approximate surface area is 201 Å². The Morgan fingerprint density at radius 1 is 1.27 bits per heavy atom. The number of benzene rings is 1. The summed E-state index contributed by atoms with van der Waals surface area (Å²) >= 11 is 4.25. The van der Waals surface area contributed by atoms with Gasteiger partial charge in [0.25, 0.3) is 6.43 Å². The highest BCUT2D eigenvalue weighted by molar-refractivity contribution is 9.10. The van der Waals surface area contributed by atoms with E-state index in [-0.39, 0.29) is 28.7 Å². The predicted molar refractivity (Wildman–Crippen MR) is 128 cm³/mol. The molecule has 0 spiro atoms. The van der Waals surface area contributed by atoms with Gasteiger partial charge in [0.15, 0.2) is 5.01 Å². The van der Waals surface area contributed by atoms with Gasteiger partial charge in [0, 0.05) is 42.6 Å². The number of amides is 1. The molecular weight excluding hydrogens is 518 g/mol. The van der Waals surface area contributed by atoms with Crippen LogP contribution in [0.25, 0.3) is 16.2 Å². The number of carbonyl (C=O) groups excluding carboxylic acids is 1. The Morgan fingerprint density at radius 3 is 2.58 bits per heavy atom. The van der Waals surface area contributed by atoms with Gasteiger partial charge in [-0.05, 0) is 26.0 Å². The number of nitrogens with zero attached hydrogens (tertiary/aromatic N) is 6. The van der Waals surface area contributed by atoms with Crippen LogP contribution >= 0.6 is 27.3 Å². The monoisotopic (exact) mass is 542 g/mol. The van der Waals surface area contributed by atoms with Gasteiger partial charge in [-0.1, -0.05) is 41.1 Å². The summed E-state index contributed by atoms with van der Waals surface area (Å²) in [5.74, 6) is 0.0603. The second kappa shape index (κ2) is 9.13. The van der Waals surface area contributed by atoms with Crippen LogP contribution in [0.15, 0.2) is 21.4 Å². The van der Waals surface area contributed by atoms with E-state index >= 15 is 0 Å². The van der Waals surface area contributed by atoms with E-state index in [1.165, 1.54) is 4.57 Å². The molecule has 8 nitrogen and oxygen atoms in total. The first-order chi connectivity index (χ1) is 15.6. The first-order valence-corrected chi connectivity index (χ1v) is 12.4. The number of fused-ring (bicyclic) bond motifs is 1. The van der Waals surface area contributed by atoms with Crippen molar-refractivity contribution in [3.63, 3.8) is 0 Å². The van der Waals surface area contributed by atoms with Crippen molar-refractivity contribution in [2.75, 3.05) is 24.5 Å². The maximum atomic E-state index is 13.3. The van der Waals surface area contributed by atoms with Crippen LogP contribution in [0.2, 0.25) is 0 Å². The molecule has 0 bridgehead atoms. The van der Waals surface area contributed by atoms with Gasteiger partial charge in [0.2, 0.25) is 11.0 Å². The molecule has 178 valence electrons. The van der Waals surface area contributed by atoms with Crippen LogP contribution in [0, 0.1) is 5.92 Å². The van der Waals surface area contributed by atoms with Crippen LogP contribution in [-0.2, 0) is 11.3 Å². The number of piperazine rings is 1. The highest BCUT2D eigenvalue weighted by atomic mass is 79.9. The highest BCUT2D eigenvalue weighted by Gasteiger charge is 2.31. The zero-order valence-electron chi connectivity index (χ0n) is 18.8. The molecule has 1 atom stereocenters. The molecule has 1 amide bonds. The maximum Gasteiger partial charge on any atom is 0.335 e. The lowest BCUT2D eigenvalue weighted by atomic mass is 10.1. The van der Waals surface area contributed by atoms with Crippen molar-refractivity contribution < 1.29 is 13.6 Å². The molecule has 1 aliphatic rings. The first kappa shape index (κ1) is 23.8. The number of halogens is 3. The minimum Gasteiger partial charge on any atom is -0.366 e. The van der Waals surface area contributed by atoms with Crippen molar-refractivity contribution in [3.8, 4) is 5.13 Å². The molecule has 0 saturated carbocycles. The van der Waals surface area contributed by atoms with Crippen LogP contribution < -0.4 is 10.6 Å². The molecule has 1 fully saturated rings. The van der Waals surface area contributed by atoms with Gasteiger partial charge < -0.3 is 9.80 Å². The Bertz CT molecular complexity index is 1250. The molecule has 12 heteroatoms. The lowest BCUT2D eigenvalue weighted by Gasteiger charge is -2.42. The SMILES string of the molecule is CCn1c(=O)n(-c2nnc(C(F)F)s2)c2cc(Br)cc(N3CCN(C(=O)C(C)C)[C@H](C)C3)c21. The highest BCUT2D eigenvalue weighted by Crippen LogP contribution is 2.34. The van der Waals surface area contributed by atoms with Gasteiger partial charge in [-0.3, -0.25) is 9.36 Å². The summed E-state index contributed by atoms with van der Waals surface area (Å²) in [4.78, 5) is 29.9. The van der Waals surface area contributed by atoms with Crippen molar-refractivity contribution in [2.45, 2.75) is 46.7 Å². The lowest BCUT2D eigenvalue weighted by Crippen LogP contribution is -2.55. The molecular formula is C21H25BrF2N6O2S. The smallest absolute Gasteiger partial charge is 0.335 e. The van der Waals surface area contributed by atoms with E-state index in [0.29, 0.717) is 48.5 Å². The van der Waals surface area contributed by atoms with Gasteiger partial charge in [-0.2, -0.15) is 0 Å². The summed E-state index contributed by atoms with van der Waals surface area (Å²) in [6, 6.07) is 3.75. The van der Waals surface area contributed by atoms with Crippen molar-refractivity contribution in [1.82, 2.24) is 24.2 Å². The van der Waals surface area contributed by atoms with Crippen LogP contribution in [0.5, 0.6) is 0 Å². The molecule has 0 radical (unpaired) electrons. The van der Waals surface area contributed by atoms with Gasteiger partial charge in [0.1, 0.15) is 0 Å². The number of hydrogen-bond acceptors (Lipinski definition) is 6. The molecule has 0 aliphatic carbocycles. The van der Waals surface area contributed by atoms with E-state index < -0.39 is 11.4 Å². The van der Waals surface area contributed by atoms with Gasteiger partial charge >= 0.3 is 5.69 Å². The molecule has 3 aromatic rings. The molecule has 2 aromatic heterocycles. The number of anilines is 1. The van der Waals surface area contributed by atoms with Gasteiger partial charge in [-0.15, -0.1) is 10.2 Å². The summed E-state index contributed by atoms with van der Waals surface area (Å²) in [5, 5.41) is 7.09. The van der Waals surface area contributed by atoms with Gasteiger partial charge in [0.05, 0.1) is 16.7 Å². The minimum atomic E-state index is -2.75. The van der Waals surface area contributed by atoms with Crippen LogP contribution in [0.4, 0.5) is 14.5 Å². The predicted octanol–water partition coefficient (Wildman–Crippen LogP) is 4.06. The number of aromatic nitrogens is 4. The number of alkyl halides is 2. The van der Waals surface area contributed by atoms with Crippen molar-refractivity contribution >= 4 is 49.9 Å². The summed E-state index contributed by atoms with van der Waals surface area (Å²) < 4.78 is 29.9. The normalized spacial score (nSPS) is 17.1. The zero-order chi connectivity index (χ0) is 24.0. The van der Waals surface area contributed by atoms with Crippen LogP contribution in [0.3, 0.4) is 0 Å². The Kier molecular flexibility index (Phi) is 6.59. The molecule has 4 rings (SSSR count). The third-order valence-corrected chi connectivity index (χ3v) is 7.21. The van der Waals surface area contributed by atoms with Crippen molar-refractivity contribution in [3.05, 3.63) is 32.1 Å². The number of rotatable bonds is 5. The van der Waals surface area contributed by atoms with E-state index in [4.69, 9.17) is 0 Å². The standard InChI is InChI=1S/C21H25BrF2N6O2S/c1-5-28-16-14(27-6-7-29(12(4)10-27)19(31)11(2)3)8-13(22)9-15(16)30(21(28)32)20-26-25-18(33-20)17(23)24/h8-9,11-12,17H,5-7,10H2,1-4H3/t12-/m1/s1. The fraction of sp³-hybridized carbons (Fsp3) is 0.524.